The van der Waals surface area contributed by atoms with Gasteiger partial charge in [0.25, 0.3) is 0 Å². The molecule has 72 valence electrons. The van der Waals surface area contributed by atoms with Crippen LogP contribution >= 0.6 is 0 Å². The SMILES string of the molecule is CCCCNCc1cnc(N)cn1. The van der Waals surface area contributed by atoms with Crippen LogP contribution in [0.15, 0.2) is 12.4 Å². The summed E-state index contributed by atoms with van der Waals surface area (Å²) >= 11 is 0. The lowest BCUT2D eigenvalue weighted by molar-refractivity contribution is 0.632. The molecule has 0 bridgehead atoms. The van der Waals surface area contributed by atoms with Gasteiger partial charge in [-0.05, 0) is 13.0 Å². The minimum Gasteiger partial charge on any atom is -0.382 e. The molecular weight excluding hydrogens is 164 g/mol. The first kappa shape index (κ1) is 9.92. The Hall–Kier alpha value is -1.16. The van der Waals surface area contributed by atoms with E-state index in [9.17, 15) is 0 Å². The third-order valence-electron chi connectivity index (χ3n) is 1.74. The van der Waals surface area contributed by atoms with Crippen LogP contribution in [0.2, 0.25) is 0 Å². The van der Waals surface area contributed by atoms with Crippen LogP contribution < -0.4 is 11.1 Å². The highest BCUT2D eigenvalue weighted by Crippen LogP contribution is 1.95. The molecule has 0 aromatic carbocycles. The Morgan fingerprint density at radius 2 is 2.23 bits per heavy atom. The molecule has 1 aromatic heterocycles. The summed E-state index contributed by atoms with van der Waals surface area (Å²) < 4.78 is 0. The smallest absolute Gasteiger partial charge is 0.141 e. The molecule has 1 aromatic rings. The molecule has 4 nitrogen and oxygen atoms in total. The van der Waals surface area contributed by atoms with Crippen LogP contribution in [-0.2, 0) is 6.54 Å². The summed E-state index contributed by atoms with van der Waals surface area (Å²) in [7, 11) is 0. The number of nitrogen functional groups attached to an aromatic ring is 1. The van der Waals surface area contributed by atoms with Gasteiger partial charge in [-0.1, -0.05) is 13.3 Å². The Morgan fingerprint density at radius 1 is 1.38 bits per heavy atom. The average Bonchev–Trinajstić information content (AvgIpc) is 2.15. The molecule has 1 heterocycles. The third-order valence-corrected chi connectivity index (χ3v) is 1.74. The molecule has 0 radical (unpaired) electrons. The minimum atomic E-state index is 0.470. The van der Waals surface area contributed by atoms with Crippen molar-refractivity contribution in [1.82, 2.24) is 15.3 Å². The summed E-state index contributed by atoms with van der Waals surface area (Å²) in [6.07, 6.45) is 5.69. The first-order valence-electron chi connectivity index (χ1n) is 4.60. The summed E-state index contributed by atoms with van der Waals surface area (Å²) in [6.45, 7) is 3.97. The monoisotopic (exact) mass is 180 g/mol. The Balaban J connectivity index is 2.25. The number of rotatable bonds is 5. The van der Waals surface area contributed by atoms with Gasteiger partial charge in [0.2, 0.25) is 0 Å². The highest BCUT2D eigenvalue weighted by atomic mass is 14.9. The van der Waals surface area contributed by atoms with Crippen LogP contribution in [0, 0.1) is 0 Å². The lowest BCUT2D eigenvalue weighted by atomic mass is 10.3. The van der Waals surface area contributed by atoms with E-state index >= 15 is 0 Å². The van der Waals surface area contributed by atoms with Crippen molar-refractivity contribution < 1.29 is 0 Å². The summed E-state index contributed by atoms with van der Waals surface area (Å²) in [5, 5.41) is 3.28. The fourth-order valence-electron chi connectivity index (χ4n) is 0.974. The van der Waals surface area contributed by atoms with E-state index in [0.29, 0.717) is 5.82 Å². The Bertz CT molecular complexity index is 232. The van der Waals surface area contributed by atoms with Gasteiger partial charge in [-0.25, -0.2) is 4.98 Å². The highest BCUT2D eigenvalue weighted by molar-refractivity contribution is 5.22. The lowest BCUT2D eigenvalue weighted by Gasteiger charge is -2.02. The summed E-state index contributed by atoms with van der Waals surface area (Å²) in [6, 6.07) is 0. The molecule has 0 aliphatic rings. The van der Waals surface area contributed by atoms with E-state index in [0.717, 1.165) is 18.8 Å². The predicted molar refractivity (Wildman–Crippen MR) is 53.1 cm³/mol. The van der Waals surface area contributed by atoms with E-state index in [1.54, 1.807) is 12.4 Å². The Kier molecular flexibility index (Phi) is 4.18. The third kappa shape index (κ3) is 3.85. The molecule has 0 unspecified atom stereocenters. The van der Waals surface area contributed by atoms with Gasteiger partial charge in [0.15, 0.2) is 0 Å². The van der Waals surface area contributed by atoms with Gasteiger partial charge < -0.3 is 11.1 Å². The highest BCUT2D eigenvalue weighted by Gasteiger charge is 1.93. The van der Waals surface area contributed by atoms with E-state index in [-0.39, 0.29) is 0 Å². The quantitative estimate of drug-likeness (QED) is 0.662. The fourth-order valence-corrected chi connectivity index (χ4v) is 0.974. The fraction of sp³-hybridized carbons (Fsp3) is 0.556. The summed E-state index contributed by atoms with van der Waals surface area (Å²) in [4.78, 5) is 8.08. The number of unbranched alkanes of at least 4 members (excludes halogenated alkanes) is 1. The zero-order chi connectivity index (χ0) is 9.52. The van der Waals surface area contributed by atoms with Crippen molar-refractivity contribution in [1.29, 1.82) is 0 Å². The summed E-state index contributed by atoms with van der Waals surface area (Å²) in [5.74, 6) is 0.470. The zero-order valence-corrected chi connectivity index (χ0v) is 7.95. The molecule has 4 heteroatoms. The van der Waals surface area contributed by atoms with Crippen molar-refractivity contribution in [2.75, 3.05) is 12.3 Å². The van der Waals surface area contributed by atoms with Gasteiger partial charge in [0.05, 0.1) is 18.1 Å². The molecule has 0 atom stereocenters. The van der Waals surface area contributed by atoms with Crippen LogP contribution in [0.1, 0.15) is 25.5 Å². The molecule has 0 aliphatic carbocycles. The topological polar surface area (TPSA) is 63.8 Å². The molecule has 0 spiro atoms. The van der Waals surface area contributed by atoms with Gasteiger partial charge >= 0.3 is 0 Å². The van der Waals surface area contributed by atoms with Crippen molar-refractivity contribution in [3.8, 4) is 0 Å². The number of nitrogens with two attached hydrogens (primary N) is 1. The van der Waals surface area contributed by atoms with Gasteiger partial charge in [-0.15, -0.1) is 0 Å². The second-order valence-corrected chi connectivity index (χ2v) is 2.96. The predicted octanol–water partition coefficient (Wildman–Crippen LogP) is 0.949. The number of anilines is 1. The maximum Gasteiger partial charge on any atom is 0.141 e. The molecule has 0 saturated carbocycles. The van der Waals surface area contributed by atoms with Crippen LogP contribution in [0.3, 0.4) is 0 Å². The number of hydrogen-bond acceptors (Lipinski definition) is 4. The minimum absolute atomic E-state index is 0.470. The van der Waals surface area contributed by atoms with Crippen molar-refractivity contribution in [2.45, 2.75) is 26.3 Å². The van der Waals surface area contributed by atoms with E-state index in [1.165, 1.54) is 12.8 Å². The molecular formula is C9H16N4. The van der Waals surface area contributed by atoms with Crippen molar-refractivity contribution >= 4 is 5.82 Å². The Morgan fingerprint density at radius 3 is 2.85 bits per heavy atom. The maximum atomic E-state index is 5.41. The first-order valence-corrected chi connectivity index (χ1v) is 4.60. The second kappa shape index (κ2) is 5.48. The second-order valence-electron chi connectivity index (χ2n) is 2.96. The van der Waals surface area contributed by atoms with Gasteiger partial charge in [-0.3, -0.25) is 4.98 Å². The molecule has 0 amide bonds. The van der Waals surface area contributed by atoms with E-state index in [2.05, 4.69) is 22.2 Å². The molecule has 1 rings (SSSR count). The largest absolute Gasteiger partial charge is 0.382 e. The Labute approximate surface area is 78.6 Å². The van der Waals surface area contributed by atoms with E-state index in [1.807, 2.05) is 0 Å². The number of nitrogens with one attached hydrogen (secondary N) is 1. The van der Waals surface area contributed by atoms with Crippen molar-refractivity contribution in [3.63, 3.8) is 0 Å². The van der Waals surface area contributed by atoms with Crippen LogP contribution in [0.25, 0.3) is 0 Å². The molecule has 0 fully saturated rings. The van der Waals surface area contributed by atoms with E-state index < -0.39 is 0 Å². The van der Waals surface area contributed by atoms with Crippen molar-refractivity contribution in [2.24, 2.45) is 0 Å². The van der Waals surface area contributed by atoms with Gasteiger partial charge in [0.1, 0.15) is 5.82 Å². The number of aromatic nitrogens is 2. The molecule has 13 heavy (non-hydrogen) atoms. The molecule has 3 N–H and O–H groups in total. The molecule has 0 saturated heterocycles. The van der Waals surface area contributed by atoms with Crippen LogP contribution in [0.4, 0.5) is 5.82 Å². The lowest BCUT2D eigenvalue weighted by Crippen LogP contribution is -2.15. The van der Waals surface area contributed by atoms with E-state index in [4.69, 9.17) is 5.73 Å². The van der Waals surface area contributed by atoms with Gasteiger partial charge in [-0.2, -0.15) is 0 Å². The van der Waals surface area contributed by atoms with Crippen LogP contribution in [-0.4, -0.2) is 16.5 Å². The van der Waals surface area contributed by atoms with Crippen LogP contribution in [0.5, 0.6) is 0 Å². The molecule has 0 aliphatic heterocycles. The number of nitrogens with zero attached hydrogens (tertiary/aromatic N) is 2. The summed E-state index contributed by atoms with van der Waals surface area (Å²) in [5.41, 5.74) is 6.34. The standard InChI is InChI=1S/C9H16N4/c1-2-3-4-11-5-8-6-13-9(10)7-12-8/h6-7,11H,2-5H2,1H3,(H2,10,13). The normalized spacial score (nSPS) is 10.2. The zero-order valence-electron chi connectivity index (χ0n) is 7.95. The van der Waals surface area contributed by atoms with Gasteiger partial charge in [0, 0.05) is 6.54 Å². The maximum absolute atomic E-state index is 5.41. The first-order chi connectivity index (χ1) is 6.33. The average molecular weight is 180 g/mol. The van der Waals surface area contributed by atoms with Crippen molar-refractivity contribution in [3.05, 3.63) is 18.1 Å². The number of hydrogen-bond donors (Lipinski definition) is 2.